The minimum absolute atomic E-state index is 0.0387. The van der Waals surface area contributed by atoms with Crippen LogP contribution in [0.3, 0.4) is 0 Å². The number of hydrogen-bond acceptors (Lipinski definition) is 5. The van der Waals surface area contributed by atoms with Gasteiger partial charge in [0.15, 0.2) is 0 Å². The van der Waals surface area contributed by atoms with E-state index in [4.69, 9.17) is 0 Å². The first kappa shape index (κ1) is 15.6. The molecule has 2 aromatic rings. The molecule has 0 spiro atoms. The fraction of sp³-hybridized carbons (Fsp3) is 0.412. The molecule has 0 aliphatic carbocycles. The van der Waals surface area contributed by atoms with Crippen LogP contribution in [0.15, 0.2) is 36.8 Å². The average Bonchev–Trinajstić information content (AvgIpc) is 2.99. The molecule has 1 amide bonds. The summed E-state index contributed by atoms with van der Waals surface area (Å²) in [5.41, 5.74) is 1.87. The summed E-state index contributed by atoms with van der Waals surface area (Å²) in [7, 11) is 1.67. The maximum atomic E-state index is 12.8. The van der Waals surface area contributed by atoms with Gasteiger partial charge in [-0.25, -0.2) is 0 Å². The summed E-state index contributed by atoms with van der Waals surface area (Å²) in [5.74, 6) is -0.0387. The van der Waals surface area contributed by atoms with Gasteiger partial charge in [-0.15, -0.1) is 0 Å². The summed E-state index contributed by atoms with van der Waals surface area (Å²) in [4.78, 5) is 28.1. The SMILES string of the molecule is CNC(=O)[C@]1(c2cnccn2)CCCN1Cc1cccc(C)n1. The van der Waals surface area contributed by atoms with E-state index in [0.29, 0.717) is 12.2 Å². The highest BCUT2D eigenvalue weighted by atomic mass is 16.2. The summed E-state index contributed by atoms with van der Waals surface area (Å²) in [5, 5.41) is 2.80. The van der Waals surface area contributed by atoms with E-state index in [2.05, 4.69) is 25.2 Å². The van der Waals surface area contributed by atoms with Gasteiger partial charge in [-0.3, -0.25) is 24.6 Å². The van der Waals surface area contributed by atoms with Gasteiger partial charge < -0.3 is 5.32 Å². The Morgan fingerprint density at radius 2 is 2.26 bits per heavy atom. The van der Waals surface area contributed by atoms with E-state index < -0.39 is 5.54 Å². The molecule has 1 fully saturated rings. The number of amides is 1. The quantitative estimate of drug-likeness (QED) is 0.924. The lowest BCUT2D eigenvalue weighted by Crippen LogP contribution is -2.52. The van der Waals surface area contributed by atoms with E-state index in [9.17, 15) is 4.79 Å². The van der Waals surface area contributed by atoms with Crippen LogP contribution < -0.4 is 5.32 Å². The second-order valence-electron chi connectivity index (χ2n) is 5.83. The van der Waals surface area contributed by atoms with E-state index in [1.807, 2.05) is 25.1 Å². The Balaban J connectivity index is 1.99. The predicted molar refractivity (Wildman–Crippen MR) is 86.4 cm³/mol. The Morgan fingerprint density at radius 3 is 2.96 bits per heavy atom. The average molecular weight is 311 g/mol. The van der Waals surface area contributed by atoms with Crippen LogP contribution in [0.4, 0.5) is 0 Å². The van der Waals surface area contributed by atoms with Crippen LogP contribution in [-0.2, 0) is 16.9 Å². The lowest BCUT2D eigenvalue weighted by atomic mass is 9.90. The third kappa shape index (κ3) is 2.82. The van der Waals surface area contributed by atoms with E-state index in [1.54, 1.807) is 25.6 Å². The predicted octanol–water partition coefficient (Wildman–Crippen LogP) is 1.42. The van der Waals surface area contributed by atoms with Gasteiger partial charge in [-0.1, -0.05) is 6.07 Å². The topological polar surface area (TPSA) is 71.0 Å². The first-order valence-electron chi connectivity index (χ1n) is 7.83. The maximum Gasteiger partial charge on any atom is 0.246 e. The standard InChI is InChI=1S/C17H21N5O/c1-13-5-3-6-14(21-13)12-22-10-4-7-17(22,16(23)18-2)15-11-19-8-9-20-15/h3,5-6,8-9,11H,4,7,10,12H2,1-2H3,(H,18,23)/t17-/m1/s1. The molecule has 3 rings (SSSR count). The monoisotopic (exact) mass is 311 g/mol. The molecular formula is C17H21N5O. The third-order valence-corrected chi connectivity index (χ3v) is 4.39. The Morgan fingerprint density at radius 1 is 1.39 bits per heavy atom. The van der Waals surface area contributed by atoms with Gasteiger partial charge in [0.1, 0.15) is 5.54 Å². The van der Waals surface area contributed by atoms with Crippen molar-refractivity contribution in [2.75, 3.05) is 13.6 Å². The lowest BCUT2D eigenvalue weighted by molar-refractivity contribution is -0.132. The number of pyridine rings is 1. The van der Waals surface area contributed by atoms with Crippen molar-refractivity contribution in [3.63, 3.8) is 0 Å². The number of carbonyl (C=O) groups is 1. The van der Waals surface area contributed by atoms with Gasteiger partial charge in [-0.05, 0) is 31.9 Å². The van der Waals surface area contributed by atoms with E-state index in [1.165, 1.54) is 0 Å². The zero-order valence-electron chi connectivity index (χ0n) is 13.5. The van der Waals surface area contributed by atoms with Crippen LogP contribution in [-0.4, -0.2) is 39.4 Å². The molecule has 0 radical (unpaired) electrons. The molecule has 1 aliphatic heterocycles. The summed E-state index contributed by atoms with van der Waals surface area (Å²) in [6.07, 6.45) is 6.63. The Bertz CT molecular complexity index is 690. The number of nitrogens with one attached hydrogen (secondary N) is 1. The van der Waals surface area contributed by atoms with Crippen molar-refractivity contribution in [1.29, 1.82) is 0 Å². The molecule has 1 saturated heterocycles. The molecular weight excluding hydrogens is 290 g/mol. The molecule has 23 heavy (non-hydrogen) atoms. The molecule has 6 nitrogen and oxygen atoms in total. The number of likely N-dealkylation sites (N-methyl/N-ethyl adjacent to an activating group) is 1. The summed E-state index contributed by atoms with van der Waals surface area (Å²) >= 11 is 0. The molecule has 2 aromatic heterocycles. The summed E-state index contributed by atoms with van der Waals surface area (Å²) in [6, 6.07) is 5.97. The van der Waals surface area contributed by atoms with Crippen molar-refractivity contribution < 1.29 is 4.79 Å². The first-order chi connectivity index (χ1) is 11.2. The minimum Gasteiger partial charge on any atom is -0.357 e. The van der Waals surface area contributed by atoms with Gasteiger partial charge in [0.25, 0.3) is 0 Å². The van der Waals surface area contributed by atoms with Crippen molar-refractivity contribution in [2.24, 2.45) is 0 Å². The molecule has 1 N–H and O–H groups in total. The smallest absolute Gasteiger partial charge is 0.246 e. The number of aromatic nitrogens is 3. The second-order valence-corrected chi connectivity index (χ2v) is 5.83. The molecule has 120 valence electrons. The third-order valence-electron chi connectivity index (χ3n) is 4.39. The van der Waals surface area contributed by atoms with Crippen molar-refractivity contribution in [3.8, 4) is 0 Å². The van der Waals surface area contributed by atoms with E-state index in [-0.39, 0.29) is 5.91 Å². The molecule has 6 heteroatoms. The Hall–Kier alpha value is -2.34. The van der Waals surface area contributed by atoms with Gasteiger partial charge in [0.05, 0.1) is 17.6 Å². The molecule has 1 aliphatic rings. The second kappa shape index (κ2) is 6.42. The van der Waals surface area contributed by atoms with Crippen LogP contribution in [0.25, 0.3) is 0 Å². The van der Waals surface area contributed by atoms with Gasteiger partial charge in [0.2, 0.25) is 5.91 Å². The number of rotatable bonds is 4. The summed E-state index contributed by atoms with van der Waals surface area (Å²) in [6.45, 7) is 3.42. The van der Waals surface area contributed by atoms with Gasteiger partial charge in [-0.2, -0.15) is 0 Å². The summed E-state index contributed by atoms with van der Waals surface area (Å²) < 4.78 is 0. The number of nitrogens with zero attached hydrogens (tertiary/aromatic N) is 4. The molecule has 0 aromatic carbocycles. The van der Waals surface area contributed by atoms with Crippen LogP contribution in [0.1, 0.15) is 29.9 Å². The first-order valence-corrected chi connectivity index (χ1v) is 7.83. The molecule has 0 saturated carbocycles. The van der Waals surface area contributed by atoms with Crippen molar-refractivity contribution >= 4 is 5.91 Å². The zero-order chi connectivity index (χ0) is 16.3. The fourth-order valence-electron chi connectivity index (χ4n) is 3.35. The molecule has 0 unspecified atom stereocenters. The van der Waals surface area contributed by atoms with E-state index in [0.717, 1.165) is 30.8 Å². The lowest BCUT2D eigenvalue weighted by Gasteiger charge is -2.35. The van der Waals surface area contributed by atoms with E-state index >= 15 is 0 Å². The minimum atomic E-state index is -0.769. The van der Waals surface area contributed by atoms with Gasteiger partial charge in [0, 0.05) is 38.2 Å². The van der Waals surface area contributed by atoms with Crippen LogP contribution in [0.2, 0.25) is 0 Å². The largest absolute Gasteiger partial charge is 0.357 e. The number of carbonyl (C=O) groups excluding carboxylic acids is 1. The Kier molecular flexibility index (Phi) is 4.34. The highest BCUT2D eigenvalue weighted by Gasteiger charge is 2.49. The maximum absolute atomic E-state index is 12.8. The van der Waals surface area contributed by atoms with Crippen LogP contribution in [0, 0.1) is 6.92 Å². The fourth-order valence-corrected chi connectivity index (χ4v) is 3.35. The van der Waals surface area contributed by atoms with Gasteiger partial charge >= 0.3 is 0 Å². The number of likely N-dealkylation sites (tertiary alicyclic amines) is 1. The van der Waals surface area contributed by atoms with Crippen molar-refractivity contribution in [2.45, 2.75) is 31.8 Å². The van der Waals surface area contributed by atoms with Crippen molar-refractivity contribution in [3.05, 3.63) is 53.9 Å². The van der Waals surface area contributed by atoms with Crippen LogP contribution >= 0.6 is 0 Å². The molecule has 0 bridgehead atoms. The number of aryl methyl sites for hydroxylation is 1. The molecule has 3 heterocycles. The highest BCUT2D eigenvalue weighted by Crippen LogP contribution is 2.38. The normalized spacial score (nSPS) is 21.3. The zero-order valence-corrected chi connectivity index (χ0v) is 13.5. The highest BCUT2D eigenvalue weighted by molar-refractivity contribution is 5.87. The van der Waals surface area contributed by atoms with Crippen LogP contribution in [0.5, 0.6) is 0 Å². The Labute approximate surface area is 136 Å². The molecule has 1 atom stereocenters. The van der Waals surface area contributed by atoms with Crippen molar-refractivity contribution in [1.82, 2.24) is 25.2 Å². The number of hydrogen-bond donors (Lipinski definition) is 1.